The lowest BCUT2D eigenvalue weighted by molar-refractivity contribution is 0.0696. The van der Waals surface area contributed by atoms with Gasteiger partial charge in [0.25, 0.3) is 0 Å². The Labute approximate surface area is 246 Å². The minimum Gasteiger partial charge on any atom is -0.488 e. The lowest BCUT2D eigenvalue weighted by Gasteiger charge is -2.35. The van der Waals surface area contributed by atoms with Crippen LogP contribution in [-0.4, -0.2) is 58.5 Å². The second kappa shape index (κ2) is 11.8. The highest BCUT2D eigenvalue weighted by atomic mass is 35.5. The number of aromatic carboxylic acids is 1. The molecule has 0 aliphatic carbocycles. The van der Waals surface area contributed by atoms with Gasteiger partial charge in [-0.25, -0.2) is 18.6 Å². The zero-order valence-corrected chi connectivity index (χ0v) is 23.7. The van der Waals surface area contributed by atoms with Crippen LogP contribution in [-0.2, 0) is 13.6 Å². The molecule has 8 nitrogen and oxygen atoms in total. The lowest BCUT2D eigenvalue weighted by atomic mass is 9.88. The number of carboxylic acids is 1. The van der Waals surface area contributed by atoms with Gasteiger partial charge in [-0.1, -0.05) is 29.8 Å². The SMILES string of the molecule is Cn1c(CN2CCC(c3cccc4c3O[C@H](c3ccc(Cl)cc3F)CO4)CC2)nc2c(OCCF)cc(C(=O)O)cc21. The van der Waals surface area contributed by atoms with Gasteiger partial charge in [-0.05, 0) is 62.2 Å². The maximum Gasteiger partial charge on any atom is 0.335 e. The summed E-state index contributed by atoms with van der Waals surface area (Å²) in [5, 5.41) is 9.86. The monoisotopic (exact) mass is 597 g/mol. The van der Waals surface area contributed by atoms with Crippen molar-refractivity contribution >= 4 is 28.6 Å². The lowest BCUT2D eigenvalue weighted by Crippen LogP contribution is -2.33. The molecule has 0 spiro atoms. The summed E-state index contributed by atoms with van der Waals surface area (Å²) in [6.45, 7) is 1.52. The standard InChI is InChI=1S/C31H30ClF2N3O5/c1-36-24-13-19(31(38)39)14-26(40-12-9-33)29(24)35-28(36)16-37-10-7-18(8-11-37)21-3-2-4-25-30(21)42-27(17-41-25)22-6-5-20(32)15-23(22)34/h2-6,13-15,18,27H,7-12,16-17H2,1H3,(H,38,39)/t27-/m0/s1. The molecule has 1 aromatic heterocycles. The summed E-state index contributed by atoms with van der Waals surface area (Å²) >= 11 is 5.94. The molecular weight excluding hydrogens is 568 g/mol. The maximum atomic E-state index is 14.6. The Morgan fingerprint density at radius 2 is 1.98 bits per heavy atom. The number of para-hydroxylation sites is 1. The molecule has 220 valence electrons. The molecule has 2 aliphatic rings. The van der Waals surface area contributed by atoms with Crippen molar-refractivity contribution in [2.75, 3.05) is 33.0 Å². The number of fused-ring (bicyclic) bond motifs is 2. The quantitative estimate of drug-likeness (QED) is 0.255. The molecule has 6 rings (SSSR count). The molecule has 0 unspecified atom stereocenters. The third-order valence-corrected chi connectivity index (χ3v) is 8.22. The van der Waals surface area contributed by atoms with Crippen LogP contribution in [0.25, 0.3) is 11.0 Å². The van der Waals surface area contributed by atoms with E-state index in [1.165, 1.54) is 12.1 Å². The first-order chi connectivity index (χ1) is 20.3. The highest BCUT2D eigenvalue weighted by molar-refractivity contribution is 6.30. The number of nitrogens with zero attached hydrogens (tertiary/aromatic N) is 3. The van der Waals surface area contributed by atoms with Gasteiger partial charge in [0, 0.05) is 23.2 Å². The number of ether oxygens (including phenoxy) is 3. The molecule has 0 radical (unpaired) electrons. The number of imidazole rings is 1. The molecule has 1 atom stereocenters. The van der Waals surface area contributed by atoms with Crippen molar-refractivity contribution < 1.29 is 32.9 Å². The summed E-state index contributed by atoms with van der Waals surface area (Å²) < 4.78 is 47.1. The summed E-state index contributed by atoms with van der Waals surface area (Å²) in [6, 6.07) is 13.4. The summed E-state index contributed by atoms with van der Waals surface area (Å²) in [5.74, 6) is 1.06. The second-order valence-electron chi connectivity index (χ2n) is 10.6. The molecule has 1 N–H and O–H groups in total. The molecule has 11 heteroatoms. The number of hydrogen-bond acceptors (Lipinski definition) is 6. The number of halogens is 3. The molecule has 42 heavy (non-hydrogen) atoms. The molecule has 0 saturated carbocycles. The predicted molar refractivity (Wildman–Crippen MR) is 153 cm³/mol. The van der Waals surface area contributed by atoms with Gasteiger partial charge < -0.3 is 23.9 Å². The largest absolute Gasteiger partial charge is 0.488 e. The highest BCUT2D eigenvalue weighted by Crippen LogP contribution is 2.45. The fraction of sp³-hybridized carbons (Fsp3) is 0.355. The second-order valence-corrected chi connectivity index (χ2v) is 11.0. The van der Waals surface area contributed by atoms with Gasteiger partial charge in [-0.3, -0.25) is 4.90 Å². The Morgan fingerprint density at radius 3 is 2.71 bits per heavy atom. The molecule has 2 aliphatic heterocycles. The third-order valence-electron chi connectivity index (χ3n) is 7.99. The van der Waals surface area contributed by atoms with E-state index in [-0.39, 0.29) is 30.4 Å². The van der Waals surface area contributed by atoms with Crippen LogP contribution in [0.1, 0.15) is 52.2 Å². The summed E-state index contributed by atoms with van der Waals surface area (Å²) in [7, 11) is 1.84. The first-order valence-electron chi connectivity index (χ1n) is 13.8. The van der Waals surface area contributed by atoms with Crippen LogP contribution in [0.5, 0.6) is 17.2 Å². The molecule has 0 bridgehead atoms. The number of aryl methyl sites for hydroxylation is 1. The maximum absolute atomic E-state index is 14.6. The molecule has 1 saturated heterocycles. The van der Waals surface area contributed by atoms with Crippen LogP contribution < -0.4 is 14.2 Å². The van der Waals surface area contributed by atoms with Crippen molar-refractivity contribution in [1.82, 2.24) is 14.5 Å². The van der Waals surface area contributed by atoms with Crippen molar-refractivity contribution in [3.8, 4) is 17.2 Å². The minimum absolute atomic E-state index is 0.0603. The van der Waals surface area contributed by atoms with Crippen molar-refractivity contribution in [1.29, 1.82) is 0 Å². The van der Waals surface area contributed by atoms with Crippen molar-refractivity contribution in [2.45, 2.75) is 31.4 Å². The number of aromatic nitrogens is 2. The van der Waals surface area contributed by atoms with E-state index < -0.39 is 24.6 Å². The van der Waals surface area contributed by atoms with Gasteiger partial charge in [-0.2, -0.15) is 0 Å². The Hall–Kier alpha value is -3.89. The Morgan fingerprint density at radius 1 is 1.17 bits per heavy atom. The zero-order chi connectivity index (χ0) is 29.4. The van der Waals surface area contributed by atoms with Crippen molar-refractivity contribution in [3.05, 3.63) is 81.9 Å². The number of likely N-dealkylation sites (tertiary alicyclic amines) is 1. The van der Waals surface area contributed by atoms with Crippen molar-refractivity contribution in [3.63, 3.8) is 0 Å². The van der Waals surface area contributed by atoms with Crippen LogP contribution >= 0.6 is 11.6 Å². The van der Waals surface area contributed by atoms with Crippen LogP contribution in [0.2, 0.25) is 5.02 Å². The van der Waals surface area contributed by atoms with Crippen LogP contribution in [0.3, 0.4) is 0 Å². The molecule has 1 fully saturated rings. The molecule has 4 aromatic rings. The Kier molecular flexibility index (Phi) is 7.92. The van der Waals surface area contributed by atoms with Gasteiger partial charge >= 0.3 is 5.97 Å². The minimum atomic E-state index is -1.09. The molecule has 0 amide bonds. The smallest absolute Gasteiger partial charge is 0.335 e. The summed E-state index contributed by atoms with van der Waals surface area (Å²) in [4.78, 5) is 18.7. The van der Waals surface area contributed by atoms with Gasteiger partial charge in [0.05, 0.1) is 17.6 Å². The highest BCUT2D eigenvalue weighted by Gasteiger charge is 2.31. The molecule has 3 heterocycles. The Balaban J connectivity index is 1.17. The molecule has 3 aromatic carbocycles. The van der Waals surface area contributed by atoms with Gasteiger partial charge in [0.1, 0.15) is 42.8 Å². The first-order valence-corrected chi connectivity index (χ1v) is 14.2. The van der Waals surface area contributed by atoms with E-state index in [4.69, 9.17) is 30.8 Å². The van der Waals surface area contributed by atoms with E-state index in [0.29, 0.717) is 39.7 Å². The summed E-state index contributed by atoms with van der Waals surface area (Å²) in [5.41, 5.74) is 2.65. The number of alkyl halides is 1. The van der Waals surface area contributed by atoms with Gasteiger partial charge in [0.15, 0.2) is 17.6 Å². The van der Waals surface area contributed by atoms with Crippen LogP contribution in [0, 0.1) is 5.82 Å². The number of carbonyl (C=O) groups is 1. The van der Waals surface area contributed by atoms with E-state index in [2.05, 4.69) is 4.90 Å². The number of piperidine rings is 1. The number of hydrogen-bond donors (Lipinski definition) is 1. The number of rotatable bonds is 8. The van der Waals surface area contributed by atoms with Crippen molar-refractivity contribution in [2.24, 2.45) is 7.05 Å². The zero-order valence-electron chi connectivity index (χ0n) is 23.0. The van der Waals surface area contributed by atoms with Crippen LogP contribution in [0.15, 0.2) is 48.5 Å². The first kappa shape index (κ1) is 28.2. The van der Waals surface area contributed by atoms with E-state index in [1.54, 1.807) is 18.2 Å². The van der Waals surface area contributed by atoms with E-state index in [0.717, 1.165) is 37.3 Å². The normalized spacial score (nSPS) is 17.5. The molecular formula is C31H30ClF2N3O5. The fourth-order valence-corrected chi connectivity index (χ4v) is 5.94. The third kappa shape index (κ3) is 5.48. The van der Waals surface area contributed by atoms with E-state index in [9.17, 15) is 18.7 Å². The van der Waals surface area contributed by atoms with Crippen LogP contribution in [0.4, 0.5) is 8.78 Å². The summed E-state index contributed by atoms with van der Waals surface area (Å²) in [6.07, 6.45) is 1.17. The topological polar surface area (TPSA) is 86.0 Å². The number of carboxylic acid groups (broad SMARTS) is 1. The van der Waals surface area contributed by atoms with E-state index in [1.807, 2.05) is 29.8 Å². The predicted octanol–water partition coefficient (Wildman–Crippen LogP) is 6.30. The van der Waals surface area contributed by atoms with Gasteiger partial charge in [-0.15, -0.1) is 0 Å². The van der Waals surface area contributed by atoms with Gasteiger partial charge in [0.2, 0.25) is 0 Å². The Bertz CT molecular complexity index is 1640. The fourth-order valence-electron chi connectivity index (χ4n) is 5.78. The number of benzene rings is 3. The average molecular weight is 598 g/mol. The van der Waals surface area contributed by atoms with E-state index >= 15 is 0 Å². The average Bonchev–Trinajstić information content (AvgIpc) is 3.30.